The molecule has 1 amide bonds. The van der Waals surface area contributed by atoms with Crippen LogP contribution in [0.25, 0.3) is 6.08 Å². The van der Waals surface area contributed by atoms with Gasteiger partial charge in [0.15, 0.2) is 5.13 Å². The van der Waals surface area contributed by atoms with Crippen LogP contribution in [-0.4, -0.2) is 10.9 Å². The summed E-state index contributed by atoms with van der Waals surface area (Å²) in [5.41, 5.74) is 1.60. The number of aromatic nitrogens is 1. The van der Waals surface area contributed by atoms with E-state index in [1.54, 1.807) is 24.4 Å². The third-order valence-corrected chi connectivity index (χ3v) is 5.70. The number of nitrogens with one attached hydrogen (secondary N) is 1. The summed E-state index contributed by atoms with van der Waals surface area (Å²) >= 11 is 16.7. The number of hydrogen-bond donors (Lipinski definition) is 1. The van der Waals surface area contributed by atoms with Crippen molar-refractivity contribution < 1.29 is 4.79 Å². The minimum absolute atomic E-state index is 0.0751. The van der Waals surface area contributed by atoms with Crippen molar-refractivity contribution in [1.82, 2.24) is 4.98 Å². The van der Waals surface area contributed by atoms with E-state index < -0.39 is 5.91 Å². The second-order valence-electron chi connectivity index (χ2n) is 5.72. The highest BCUT2D eigenvalue weighted by molar-refractivity contribution is 9.10. The van der Waals surface area contributed by atoms with Crippen molar-refractivity contribution in [2.24, 2.45) is 0 Å². The van der Waals surface area contributed by atoms with Crippen molar-refractivity contribution in [3.63, 3.8) is 0 Å². The zero-order chi connectivity index (χ0) is 20.1. The number of rotatable bonds is 5. The Morgan fingerprint density at radius 3 is 2.68 bits per heavy atom. The van der Waals surface area contributed by atoms with Crippen molar-refractivity contribution in [2.75, 3.05) is 5.32 Å². The van der Waals surface area contributed by atoms with Gasteiger partial charge >= 0.3 is 0 Å². The Labute approximate surface area is 184 Å². The van der Waals surface area contributed by atoms with E-state index in [9.17, 15) is 10.1 Å². The predicted molar refractivity (Wildman–Crippen MR) is 118 cm³/mol. The van der Waals surface area contributed by atoms with Crippen molar-refractivity contribution in [2.45, 2.75) is 6.42 Å². The summed E-state index contributed by atoms with van der Waals surface area (Å²) in [5.74, 6) is -0.543. The van der Waals surface area contributed by atoms with Gasteiger partial charge in [-0.05, 0) is 41.5 Å². The third-order valence-electron chi connectivity index (χ3n) is 3.69. The van der Waals surface area contributed by atoms with Crippen LogP contribution < -0.4 is 5.32 Å². The largest absolute Gasteiger partial charge is 0.297 e. The van der Waals surface area contributed by atoms with Crippen molar-refractivity contribution in [3.8, 4) is 6.07 Å². The summed E-state index contributed by atoms with van der Waals surface area (Å²) in [7, 11) is 0. The van der Waals surface area contributed by atoms with Gasteiger partial charge in [0.2, 0.25) is 0 Å². The van der Waals surface area contributed by atoms with Crippen LogP contribution in [0.5, 0.6) is 0 Å². The number of nitriles is 1. The number of carbonyl (C=O) groups is 1. The Kier molecular flexibility index (Phi) is 6.87. The fraction of sp³-hybridized carbons (Fsp3) is 0.0500. The lowest BCUT2D eigenvalue weighted by molar-refractivity contribution is -0.112. The van der Waals surface area contributed by atoms with E-state index in [1.807, 2.05) is 30.3 Å². The average Bonchev–Trinajstić information content (AvgIpc) is 3.09. The van der Waals surface area contributed by atoms with Gasteiger partial charge in [0.25, 0.3) is 5.91 Å². The first kappa shape index (κ1) is 20.6. The summed E-state index contributed by atoms with van der Waals surface area (Å²) in [6, 6.07) is 14.7. The molecule has 1 heterocycles. The molecule has 1 aromatic heterocycles. The van der Waals surface area contributed by atoms with Gasteiger partial charge in [0, 0.05) is 32.0 Å². The molecule has 28 heavy (non-hydrogen) atoms. The van der Waals surface area contributed by atoms with Gasteiger partial charge in [-0.1, -0.05) is 57.3 Å². The van der Waals surface area contributed by atoms with Crippen LogP contribution in [0.1, 0.15) is 16.0 Å². The molecule has 140 valence electrons. The first-order chi connectivity index (χ1) is 13.4. The van der Waals surface area contributed by atoms with Gasteiger partial charge in [0.05, 0.1) is 0 Å². The first-order valence-electron chi connectivity index (χ1n) is 8.02. The predicted octanol–water partition coefficient (Wildman–Crippen LogP) is 6.35. The molecule has 0 bridgehead atoms. The van der Waals surface area contributed by atoms with Gasteiger partial charge < -0.3 is 0 Å². The normalized spacial score (nSPS) is 11.1. The number of thiazole rings is 1. The van der Waals surface area contributed by atoms with Crippen molar-refractivity contribution in [3.05, 3.63) is 84.8 Å². The molecule has 4 nitrogen and oxygen atoms in total. The fourth-order valence-electron chi connectivity index (χ4n) is 2.34. The number of carbonyl (C=O) groups excluding carboxylic acids is 1. The monoisotopic (exact) mass is 491 g/mol. The molecule has 3 rings (SSSR count). The Balaban J connectivity index is 1.71. The van der Waals surface area contributed by atoms with E-state index in [0.29, 0.717) is 27.2 Å². The first-order valence-corrected chi connectivity index (χ1v) is 10.4. The molecule has 0 saturated carbocycles. The molecule has 0 aliphatic carbocycles. The summed E-state index contributed by atoms with van der Waals surface area (Å²) in [6.45, 7) is 0. The maximum absolute atomic E-state index is 12.4. The topological polar surface area (TPSA) is 65.8 Å². The quantitative estimate of drug-likeness (QED) is 0.333. The van der Waals surface area contributed by atoms with Gasteiger partial charge in [-0.25, -0.2) is 4.98 Å². The Hall–Kier alpha value is -2.17. The lowest BCUT2D eigenvalue weighted by Gasteiger charge is -2.02. The zero-order valence-corrected chi connectivity index (χ0v) is 18.2. The van der Waals surface area contributed by atoms with Crippen LogP contribution in [0, 0.1) is 11.3 Å². The van der Waals surface area contributed by atoms with Crippen LogP contribution in [0.15, 0.2) is 58.7 Å². The molecule has 2 aromatic carbocycles. The van der Waals surface area contributed by atoms with Crippen LogP contribution in [0.3, 0.4) is 0 Å². The number of benzene rings is 2. The van der Waals surface area contributed by atoms with Crippen LogP contribution in [0.2, 0.25) is 10.0 Å². The summed E-state index contributed by atoms with van der Waals surface area (Å²) in [5, 5.41) is 13.3. The summed E-state index contributed by atoms with van der Waals surface area (Å²) in [4.78, 5) is 17.6. The van der Waals surface area contributed by atoms with Crippen LogP contribution in [-0.2, 0) is 11.2 Å². The number of amides is 1. The number of halogens is 3. The van der Waals surface area contributed by atoms with E-state index in [4.69, 9.17) is 23.2 Å². The molecule has 0 aliphatic rings. The van der Waals surface area contributed by atoms with Crippen molar-refractivity contribution in [1.29, 1.82) is 5.26 Å². The number of anilines is 1. The SMILES string of the molecule is N#C/C(=C\c1ccc(Cl)cc1Cl)C(=O)Nc1ncc(Cc2ccc(Br)cc2)s1. The van der Waals surface area contributed by atoms with E-state index in [2.05, 4.69) is 26.2 Å². The number of hydrogen-bond acceptors (Lipinski definition) is 4. The minimum Gasteiger partial charge on any atom is -0.297 e. The standard InChI is InChI=1S/C20H12BrCl2N3OS/c21-15-4-1-12(2-5-15)7-17-11-25-20(28-17)26-19(27)14(10-24)8-13-3-6-16(22)9-18(13)23/h1-6,8-9,11H,7H2,(H,25,26,27)/b14-8+. The minimum atomic E-state index is -0.543. The molecule has 0 unspecified atom stereocenters. The zero-order valence-electron chi connectivity index (χ0n) is 14.2. The van der Waals surface area contributed by atoms with E-state index in [-0.39, 0.29) is 5.57 Å². The van der Waals surface area contributed by atoms with Crippen LogP contribution >= 0.6 is 50.5 Å². The fourth-order valence-corrected chi connectivity index (χ4v) is 3.91. The Morgan fingerprint density at radius 1 is 1.25 bits per heavy atom. The molecule has 0 aliphatic heterocycles. The van der Waals surface area contributed by atoms with Crippen molar-refractivity contribution >= 4 is 67.6 Å². The van der Waals surface area contributed by atoms with Gasteiger partial charge in [-0.15, -0.1) is 11.3 Å². The summed E-state index contributed by atoms with van der Waals surface area (Å²) in [6.07, 6.45) is 3.85. The molecule has 0 fully saturated rings. The lowest BCUT2D eigenvalue weighted by atomic mass is 10.1. The molecular weight excluding hydrogens is 481 g/mol. The molecule has 3 aromatic rings. The second kappa shape index (κ2) is 9.35. The Morgan fingerprint density at radius 2 is 2.00 bits per heavy atom. The third kappa shape index (κ3) is 5.43. The smallest absolute Gasteiger partial charge is 0.268 e. The average molecular weight is 493 g/mol. The molecule has 1 N–H and O–H groups in total. The molecule has 8 heteroatoms. The highest BCUT2D eigenvalue weighted by atomic mass is 79.9. The maximum Gasteiger partial charge on any atom is 0.268 e. The highest BCUT2D eigenvalue weighted by Gasteiger charge is 2.13. The van der Waals surface area contributed by atoms with Gasteiger partial charge in [-0.3, -0.25) is 10.1 Å². The lowest BCUT2D eigenvalue weighted by Crippen LogP contribution is -2.13. The molecule has 0 saturated heterocycles. The molecular formula is C20H12BrCl2N3OS. The number of nitrogens with zero attached hydrogens (tertiary/aromatic N) is 2. The summed E-state index contributed by atoms with van der Waals surface area (Å²) < 4.78 is 1.02. The molecule has 0 radical (unpaired) electrons. The van der Waals surface area contributed by atoms with E-state index >= 15 is 0 Å². The Bertz CT molecular complexity index is 1090. The molecule has 0 spiro atoms. The second-order valence-corrected chi connectivity index (χ2v) is 8.60. The van der Waals surface area contributed by atoms with Gasteiger partial charge in [-0.2, -0.15) is 5.26 Å². The van der Waals surface area contributed by atoms with Crippen LogP contribution in [0.4, 0.5) is 5.13 Å². The van der Waals surface area contributed by atoms with E-state index in [1.165, 1.54) is 17.4 Å². The van der Waals surface area contributed by atoms with Gasteiger partial charge in [0.1, 0.15) is 11.6 Å². The van der Waals surface area contributed by atoms with E-state index in [0.717, 1.165) is 14.9 Å². The highest BCUT2D eigenvalue weighted by Crippen LogP contribution is 2.25. The molecule has 0 atom stereocenters. The maximum atomic E-state index is 12.4.